The van der Waals surface area contributed by atoms with E-state index >= 15 is 0 Å². The van der Waals surface area contributed by atoms with Gasteiger partial charge < -0.3 is 10.5 Å². The number of sulfone groups is 1. The fourth-order valence-corrected chi connectivity index (χ4v) is 2.48. The van der Waals surface area contributed by atoms with Gasteiger partial charge in [0.2, 0.25) is 0 Å². The number of ether oxygens (including phenoxy) is 1. The third kappa shape index (κ3) is 2.98. The summed E-state index contributed by atoms with van der Waals surface area (Å²) < 4.78 is 27.6. The van der Waals surface area contributed by atoms with Crippen molar-refractivity contribution in [2.45, 2.75) is 18.9 Å². The first-order chi connectivity index (χ1) is 7.97. The molecule has 1 aromatic rings. The van der Waals surface area contributed by atoms with Crippen LogP contribution in [0.3, 0.4) is 0 Å². The van der Waals surface area contributed by atoms with Crippen LogP contribution in [0.25, 0.3) is 0 Å². The standard InChI is InChI=1S/C12H17NO3S/c1-17(14,15)8-7-16-12-4-2-3-9-10(12)5-6-11(9)13/h2-4,11H,5-8,13H2,1H3. The van der Waals surface area contributed by atoms with Gasteiger partial charge in [-0.05, 0) is 30.0 Å². The van der Waals surface area contributed by atoms with E-state index in [-0.39, 0.29) is 18.4 Å². The van der Waals surface area contributed by atoms with Gasteiger partial charge in [-0.25, -0.2) is 8.42 Å². The molecule has 0 fully saturated rings. The molecule has 0 aromatic heterocycles. The predicted octanol–water partition coefficient (Wildman–Crippen LogP) is 1.06. The zero-order valence-electron chi connectivity index (χ0n) is 9.85. The quantitative estimate of drug-likeness (QED) is 0.873. The molecular weight excluding hydrogens is 238 g/mol. The fourth-order valence-electron chi connectivity index (χ4n) is 2.09. The van der Waals surface area contributed by atoms with Crippen molar-refractivity contribution in [3.8, 4) is 5.75 Å². The summed E-state index contributed by atoms with van der Waals surface area (Å²) in [5.74, 6) is 0.821. The summed E-state index contributed by atoms with van der Waals surface area (Å²) >= 11 is 0. The molecule has 94 valence electrons. The van der Waals surface area contributed by atoms with Crippen molar-refractivity contribution >= 4 is 9.84 Å². The number of nitrogens with two attached hydrogens (primary N) is 1. The van der Waals surface area contributed by atoms with Crippen LogP contribution >= 0.6 is 0 Å². The van der Waals surface area contributed by atoms with E-state index in [0.717, 1.165) is 29.7 Å². The number of fused-ring (bicyclic) bond motifs is 1. The molecule has 1 aliphatic carbocycles. The van der Waals surface area contributed by atoms with E-state index < -0.39 is 9.84 Å². The molecule has 1 unspecified atom stereocenters. The summed E-state index contributed by atoms with van der Waals surface area (Å²) in [6.45, 7) is 0.199. The summed E-state index contributed by atoms with van der Waals surface area (Å²) in [6, 6.07) is 5.87. The highest BCUT2D eigenvalue weighted by Crippen LogP contribution is 2.35. The average Bonchev–Trinajstić information content (AvgIpc) is 2.60. The molecule has 1 aromatic carbocycles. The van der Waals surface area contributed by atoms with Crippen molar-refractivity contribution in [1.29, 1.82) is 0 Å². The smallest absolute Gasteiger partial charge is 0.150 e. The van der Waals surface area contributed by atoms with Crippen LogP contribution in [0.5, 0.6) is 5.75 Å². The van der Waals surface area contributed by atoms with E-state index in [4.69, 9.17) is 10.5 Å². The summed E-state index contributed by atoms with van der Waals surface area (Å²) in [4.78, 5) is 0. The Bertz CT molecular complexity index is 510. The Labute approximate surface area is 102 Å². The third-order valence-electron chi connectivity index (χ3n) is 2.99. The summed E-state index contributed by atoms with van der Waals surface area (Å²) in [6.07, 6.45) is 3.05. The molecule has 0 saturated carbocycles. The largest absolute Gasteiger partial charge is 0.492 e. The van der Waals surface area contributed by atoms with E-state index in [1.54, 1.807) is 0 Å². The maximum Gasteiger partial charge on any atom is 0.150 e. The van der Waals surface area contributed by atoms with Crippen LogP contribution in [-0.2, 0) is 16.3 Å². The van der Waals surface area contributed by atoms with Gasteiger partial charge in [0.25, 0.3) is 0 Å². The van der Waals surface area contributed by atoms with Crippen molar-refractivity contribution < 1.29 is 13.2 Å². The van der Waals surface area contributed by atoms with Crippen molar-refractivity contribution in [2.75, 3.05) is 18.6 Å². The second-order valence-corrected chi connectivity index (χ2v) is 6.71. The van der Waals surface area contributed by atoms with Gasteiger partial charge in [0.05, 0.1) is 5.75 Å². The Hall–Kier alpha value is -1.07. The Balaban J connectivity index is 2.08. The van der Waals surface area contributed by atoms with Crippen LogP contribution < -0.4 is 10.5 Å². The van der Waals surface area contributed by atoms with Crippen molar-refractivity contribution in [1.82, 2.24) is 0 Å². The number of rotatable bonds is 4. The molecule has 5 heteroatoms. The lowest BCUT2D eigenvalue weighted by Gasteiger charge is -2.11. The van der Waals surface area contributed by atoms with E-state index in [1.807, 2.05) is 18.2 Å². The zero-order valence-corrected chi connectivity index (χ0v) is 10.7. The van der Waals surface area contributed by atoms with E-state index in [1.165, 1.54) is 6.26 Å². The first kappa shape index (κ1) is 12.4. The molecule has 2 N–H and O–H groups in total. The molecule has 0 spiro atoms. The van der Waals surface area contributed by atoms with Crippen LogP contribution in [0, 0.1) is 0 Å². The number of benzene rings is 1. The second-order valence-electron chi connectivity index (χ2n) is 4.45. The van der Waals surface area contributed by atoms with E-state index in [9.17, 15) is 8.42 Å². The SMILES string of the molecule is CS(=O)(=O)CCOc1cccc2c1CCC2N. The molecule has 0 saturated heterocycles. The second kappa shape index (κ2) is 4.66. The first-order valence-electron chi connectivity index (χ1n) is 5.65. The predicted molar refractivity (Wildman–Crippen MR) is 66.9 cm³/mol. The van der Waals surface area contributed by atoms with Crippen LogP contribution in [0.4, 0.5) is 0 Å². The molecule has 17 heavy (non-hydrogen) atoms. The Morgan fingerprint density at radius 1 is 1.47 bits per heavy atom. The van der Waals surface area contributed by atoms with Crippen LogP contribution in [0.15, 0.2) is 18.2 Å². The molecule has 0 bridgehead atoms. The van der Waals surface area contributed by atoms with Crippen LogP contribution in [0.1, 0.15) is 23.6 Å². The highest BCUT2D eigenvalue weighted by Gasteiger charge is 2.22. The van der Waals surface area contributed by atoms with E-state index in [0.29, 0.717) is 0 Å². The van der Waals surface area contributed by atoms with Crippen LogP contribution in [-0.4, -0.2) is 27.0 Å². The summed E-state index contributed by atoms with van der Waals surface area (Å²) in [7, 11) is -2.97. The van der Waals surface area contributed by atoms with E-state index in [2.05, 4.69) is 0 Å². The average molecular weight is 255 g/mol. The van der Waals surface area contributed by atoms with Crippen LogP contribution in [0.2, 0.25) is 0 Å². The Morgan fingerprint density at radius 3 is 2.94 bits per heavy atom. The number of hydrogen-bond acceptors (Lipinski definition) is 4. The molecule has 0 amide bonds. The zero-order chi connectivity index (χ0) is 12.5. The molecular formula is C12H17NO3S. The van der Waals surface area contributed by atoms with Gasteiger partial charge in [0.15, 0.2) is 9.84 Å². The third-order valence-corrected chi connectivity index (χ3v) is 3.89. The molecule has 4 nitrogen and oxygen atoms in total. The van der Waals surface area contributed by atoms with Crippen molar-refractivity contribution in [3.05, 3.63) is 29.3 Å². The fraction of sp³-hybridized carbons (Fsp3) is 0.500. The van der Waals surface area contributed by atoms with Gasteiger partial charge in [-0.2, -0.15) is 0 Å². The van der Waals surface area contributed by atoms with Gasteiger partial charge in [0, 0.05) is 12.3 Å². The molecule has 1 aliphatic rings. The van der Waals surface area contributed by atoms with Crippen molar-refractivity contribution in [2.24, 2.45) is 5.73 Å². The monoisotopic (exact) mass is 255 g/mol. The maximum atomic E-state index is 11.0. The molecule has 0 radical (unpaired) electrons. The highest BCUT2D eigenvalue weighted by molar-refractivity contribution is 7.90. The van der Waals surface area contributed by atoms with Gasteiger partial charge in [-0.15, -0.1) is 0 Å². The number of hydrogen-bond donors (Lipinski definition) is 1. The highest BCUT2D eigenvalue weighted by atomic mass is 32.2. The summed E-state index contributed by atoms with van der Waals surface area (Å²) in [5.41, 5.74) is 8.22. The van der Waals surface area contributed by atoms with Gasteiger partial charge >= 0.3 is 0 Å². The Morgan fingerprint density at radius 2 is 2.24 bits per heavy atom. The lowest BCUT2D eigenvalue weighted by atomic mass is 10.1. The normalized spacial score (nSPS) is 19.1. The molecule has 0 aliphatic heterocycles. The van der Waals surface area contributed by atoms with Gasteiger partial charge in [-0.3, -0.25) is 0 Å². The molecule has 1 atom stereocenters. The maximum absolute atomic E-state index is 11.0. The minimum atomic E-state index is -2.97. The first-order valence-corrected chi connectivity index (χ1v) is 7.71. The minimum Gasteiger partial charge on any atom is -0.492 e. The lowest BCUT2D eigenvalue weighted by Crippen LogP contribution is -2.12. The topological polar surface area (TPSA) is 69.4 Å². The minimum absolute atomic E-state index is 0.0444. The van der Waals surface area contributed by atoms with Gasteiger partial charge in [-0.1, -0.05) is 12.1 Å². The van der Waals surface area contributed by atoms with Crippen molar-refractivity contribution in [3.63, 3.8) is 0 Å². The van der Waals surface area contributed by atoms with Gasteiger partial charge in [0.1, 0.15) is 12.4 Å². The lowest BCUT2D eigenvalue weighted by molar-refractivity contribution is 0.338. The summed E-state index contributed by atoms with van der Waals surface area (Å²) in [5, 5.41) is 0. The molecule has 2 rings (SSSR count). The Kier molecular flexibility index (Phi) is 3.40. The molecule has 0 heterocycles.